The van der Waals surface area contributed by atoms with Crippen molar-refractivity contribution >= 4 is 33.3 Å². The molecule has 0 bridgehead atoms. The molecule has 1 N–H and O–H groups in total. The number of nitrogens with one attached hydrogen (secondary N) is 1. The van der Waals surface area contributed by atoms with E-state index in [-0.39, 0.29) is 11.4 Å². The molecule has 0 spiro atoms. The third-order valence-corrected chi connectivity index (χ3v) is 4.94. The number of hydrogen-bond donors (Lipinski definition) is 1. The summed E-state index contributed by atoms with van der Waals surface area (Å²) in [6.07, 6.45) is 1.67. The van der Waals surface area contributed by atoms with E-state index in [0.717, 1.165) is 4.31 Å². The Labute approximate surface area is 133 Å². The summed E-state index contributed by atoms with van der Waals surface area (Å²) in [5.74, 6) is -0.108. The van der Waals surface area contributed by atoms with Gasteiger partial charge in [0.25, 0.3) is 0 Å². The van der Waals surface area contributed by atoms with Crippen molar-refractivity contribution in [1.82, 2.24) is 14.1 Å². The minimum absolute atomic E-state index is 0.0741. The summed E-state index contributed by atoms with van der Waals surface area (Å²) in [5.41, 5.74) is 0. The van der Waals surface area contributed by atoms with Gasteiger partial charge in [-0.25, -0.2) is 8.42 Å². The molecule has 1 heterocycles. The number of anilines is 1. The van der Waals surface area contributed by atoms with Gasteiger partial charge in [0, 0.05) is 31.4 Å². The lowest BCUT2D eigenvalue weighted by atomic mass is 10.4. The van der Waals surface area contributed by atoms with Gasteiger partial charge in [0.05, 0.1) is 11.4 Å². The van der Waals surface area contributed by atoms with Crippen LogP contribution in [0.1, 0.15) is 0 Å². The highest BCUT2D eigenvalue weighted by atomic mass is 35.5. The van der Waals surface area contributed by atoms with Gasteiger partial charge in [-0.3, -0.25) is 9.48 Å². The molecule has 0 unspecified atom stereocenters. The maximum Gasteiger partial charge on any atom is 0.243 e. The maximum atomic E-state index is 12.3. The molecule has 2 aromatic rings. The molecule has 1 amide bonds. The van der Waals surface area contributed by atoms with Crippen molar-refractivity contribution in [3.63, 3.8) is 0 Å². The van der Waals surface area contributed by atoms with Crippen molar-refractivity contribution in [2.24, 2.45) is 7.05 Å². The Kier molecular flexibility index (Phi) is 4.84. The summed E-state index contributed by atoms with van der Waals surface area (Å²) >= 11 is 5.74. The van der Waals surface area contributed by atoms with Crippen LogP contribution >= 0.6 is 11.6 Å². The van der Waals surface area contributed by atoms with E-state index in [9.17, 15) is 13.2 Å². The molecule has 0 aliphatic rings. The van der Waals surface area contributed by atoms with Crippen LogP contribution in [0.2, 0.25) is 5.02 Å². The second-order valence-corrected chi connectivity index (χ2v) is 7.12. The van der Waals surface area contributed by atoms with Crippen LogP contribution in [0.5, 0.6) is 0 Å². The third-order valence-electron chi connectivity index (χ3n) is 2.87. The monoisotopic (exact) mass is 342 g/mol. The largest absolute Gasteiger partial charge is 0.308 e. The van der Waals surface area contributed by atoms with Crippen LogP contribution in [0.25, 0.3) is 0 Å². The lowest BCUT2D eigenvalue weighted by Gasteiger charge is -2.16. The molecular weight excluding hydrogens is 328 g/mol. The molecule has 0 radical (unpaired) electrons. The van der Waals surface area contributed by atoms with Gasteiger partial charge in [0.1, 0.15) is 0 Å². The van der Waals surface area contributed by atoms with Crippen LogP contribution in [0.15, 0.2) is 41.4 Å². The summed E-state index contributed by atoms with van der Waals surface area (Å²) in [4.78, 5) is 12.0. The predicted octanol–water partition coefficient (Wildman–Crippen LogP) is 1.33. The number of rotatable bonds is 5. The summed E-state index contributed by atoms with van der Waals surface area (Å²) in [6, 6.07) is 7.37. The highest BCUT2D eigenvalue weighted by Crippen LogP contribution is 2.17. The van der Waals surface area contributed by atoms with Crippen molar-refractivity contribution in [3.05, 3.63) is 41.6 Å². The lowest BCUT2D eigenvalue weighted by Crippen LogP contribution is -2.35. The van der Waals surface area contributed by atoms with Gasteiger partial charge in [-0.05, 0) is 24.3 Å². The quantitative estimate of drug-likeness (QED) is 0.888. The Balaban J connectivity index is 2.05. The van der Waals surface area contributed by atoms with E-state index < -0.39 is 15.9 Å². The summed E-state index contributed by atoms with van der Waals surface area (Å²) in [7, 11) is -0.699. The molecule has 1 aromatic carbocycles. The molecule has 0 aliphatic carbocycles. The molecule has 0 aliphatic heterocycles. The molecule has 118 valence electrons. The smallest absolute Gasteiger partial charge is 0.243 e. The van der Waals surface area contributed by atoms with Crippen molar-refractivity contribution in [1.29, 1.82) is 0 Å². The third kappa shape index (κ3) is 3.85. The van der Waals surface area contributed by atoms with E-state index in [2.05, 4.69) is 10.4 Å². The second kappa shape index (κ2) is 6.47. The van der Waals surface area contributed by atoms with Crippen LogP contribution in [0.4, 0.5) is 5.82 Å². The molecule has 7 nitrogen and oxygen atoms in total. The molecule has 1 aromatic heterocycles. The first-order chi connectivity index (χ1) is 10.3. The number of aromatic nitrogens is 2. The number of amides is 1. The summed E-state index contributed by atoms with van der Waals surface area (Å²) < 4.78 is 27.1. The van der Waals surface area contributed by atoms with Crippen LogP contribution in [0.3, 0.4) is 0 Å². The fourth-order valence-corrected chi connectivity index (χ4v) is 2.99. The average Bonchev–Trinajstić information content (AvgIpc) is 2.84. The standard InChI is InChI=1S/C13H15ClN4O3S/c1-17-8-7-12(16-17)15-13(19)9-18(2)22(20,21)11-5-3-10(14)4-6-11/h3-8H,9H2,1-2H3,(H,15,16,19). The molecule has 0 fully saturated rings. The number of sulfonamides is 1. The molecule has 0 saturated heterocycles. The van der Waals surface area contributed by atoms with Crippen LogP contribution < -0.4 is 5.32 Å². The topological polar surface area (TPSA) is 84.3 Å². The number of nitrogens with zero attached hydrogens (tertiary/aromatic N) is 3. The Morgan fingerprint density at radius 2 is 1.95 bits per heavy atom. The number of halogens is 1. The Bertz CT molecular complexity index is 771. The fraction of sp³-hybridized carbons (Fsp3) is 0.231. The molecule has 2 rings (SSSR count). The number of benzene rings is 1. The highest BCUT2D eigenvalue weighted by Gasteiger charge is 2.23. The van der Waals surface area contributed by atoms with Gasteiger partial charge in [-0.2, -0.15) is 9.40 Å². The van der Waals surface area contributed by atoms with Crippen LogP contribution in [-0.4, -0.2) is 42.0 Å². The molecular formula is C13H15ClN4O3S. The zero-order valence-electron chi connectivity index (χ0n) is 12.0. The zero-order chi connectivity index (χ0) is 16.3. The second-order valence-electron chi connectivity index (χ2n) is 4.64. The summed E-state index contributed by atoms with van der Waals surface area (Å²) in [5, 5.41) is 6.96. The Hall–Kier alpha value is -1.90. The number of likely N-dealkylation sites (N-methyl/N-ethyl adjacent to an activating group) is 1. The van der Waals surface area contributed by atoms with E-state index >= 15 is 0 Å². The van der Waals surface area contributed by atoms with E-state index in [1.54, 1.807) is 19.3 Å². The highest BCUT2D eigenvalue weighted by molar-refractivity contribution is 7.89. The SMILES string of the molecule is CN(CC(=O)Nc1ccn(C)n1)S(=O)(=O)c1ccc(Cl)cc1. The number of aryl methyl sites for hydroxylation is 1. The molecule has 0 atom stereocenters. The first kappa shape index (κ1) is 16.5. The minimum Gasteiger partial charge on any atom is -0.308 e. The zero-order valence-corrected chi connectivity index (χ0v) is 13.6. The fourth-order valence-electron chi connectivity index (χ4n) is 1.74. The van der Waals surface area contributed by atoms with Gasteiger partial charge >= 0.3 is 0 Å². The molecule has 0 saturated carbocycles. The van der Waals surface area contributed by atoms with E-state index in [1.807, 2.05) is 0 Å². The number of hydrogen-bond acceptors (Lipinski definition) is 4. The van der Waals surface area contributed by atoms with Gasteiger partial charge in [-0.1, -0.05) is 11.6 Å². The maximum absolute atomic E-state index is 12.3. The Morgan fingerprint density at radius 3 is 2.50 bits per heavy atom. The van der Waals surface area contributed by atoms with Crippen molar-refractivity contribution in [2.75, 3.05) is 18.9 Å². The van der Waals surface area contributed by atoms with Crippen molar-refractivity contribution in [3.8, 4) is 0 Å². The number of carbonyl (C=O) groups is 1. The first-order valence-corrected chi connectivity index (χ1v) is 8.12. The van der Waals surface area contributed by atoms with E-state index in [4.69, 9.17) is 11.6 Å². The number of carbonyl (C=O) groups excluding carboxylic acids is 1. The van der Waals surface area contributed by atoms with Gasteiger partial charge in [-0.15, -0.1) is 0 Å². The Morgan fingerprint density at radius 1 is 1.32 bits per heavy atom. The van der Waals surface area contributed by atoms with E-state index in [1.165, 1.54) is 36.0 Å². The van der Waals surface area contributed by atoms with Gasteiger partial charge in [0.15, 0.2) is 5.82 Å². The first-order valence-electron chi connectivity index (χ1n) is 6.30. The van der Waals surface area contributed by atoms with Crippen LogP contribution in [0, 0.1) is 0 Å². The molecule has 22 heavy (non-hydrogen) atoms. The predicted molar refractivity (Wildman–Crippen MR) is 83.1 cm³/mol. The lowest BCUT2D eigenvalue weighted by molar-refractivity contribution is -0.116. The van der Waals surface area contributed by atoms with Gasteiger partial charge < -0.3 is 5.32 Å². The van der Waals surface area contributed by atoms with Crippen molar-refractivity contribution in [2.45, 2.75) is 4.90 Å². The minimum atomic E-state index is -3.75. The van der Waals surface area contributed by atoms with Crippen LogP contribution in [-0.2, 0) is 21.9 Å². The van der Waals surface area contributed by atoms with Gasteiger partial charge in [0.2, 0.25) is 15.9 Å². The van der Waals surface area contributed by atoms with E-state index in [0.29, 0.717) is 10.8 Å². The molecule has 9 heteroatoms. The van der Waals surface area contributed by atoms with Crippen molar-refractivity contribution < 1.29 is 13.2 Å². The normalized spacial score (nSPS) is 11.6. The average molecular weight is 343 g/mol. The summed E-state index contributed by atoms with van der Waals surface area (Å²) in [6.45, 7) is -0.318.